The van der Waals surface area contributed by atoms with E-state index in [2.05, 4.69) is 10.6 Å². The molecule has 1 saturated heterocycles. The molecule has 0 saturated carbocycles. The number of fused-ring (bicyclic) bond motifs is 1. The van der Waals surface area contributed by atoms with Gasteiger partial charge in [0.2, 0.25) is 0 Å². The Labute approximate surface area is 105 Å². The number of benzene rings is 1. The molecule has 1 aromatic rings. The summed E-state index contributed by atoms with van der Waals surface area (Å²) in [5.41, 5.74) is 3.15. The minimum absolute atomic E-state index is 0.0962. The zero-order valence-corrected chi connectivity index (χ0v) is 10.1. The number of carbonyl (C=O) groups is 1. The molecule has 0 aliphatic carbocycles. The Hall–Kier alpha value is -1.43. The molecule has 2 aliphatic heterocycles. The lowest BCUT2D eigenvalue weighted by Crippen LogP contribution is -2.45. The second-order valence-electron chi connectivity index (χ2n) is 4.53. The lowest BCUT2D eigenvalue weighted by Gasteiger charge is -2.22. The van der Waals surface area contributed by atoms with Crippen LogP contribution in [0.2, 0.25) is 0 Å². The molecule has 2 heterocycles. The van der Waals surface area contributed by atoms with Crippen LogP contribution in [0.4, 0.5) is 5.69 Å². The monoisotopic (exact) mass is 248 g/mol. The van der Waals surface area contributed by atoms with Gasteiger partial charge < -0.3 is 20.1 Å². The topological polar surface area (TPSA) is 59.6 Å². The number of nitrogens with one attached hydrogen (secondary N) is 2. The third-order valence-corrected chi connectivity index (χ3v) is 3.21. The molecule has 3 rings (SSSR count). The summed E-state index contributed by atoms with van der Waals surface area (Å²) in [7, 11) is 0. The number of amides is 1. The fourth-order valence-electron chi connectivity index (χ4n) is 2.21. The Morgan fingerprint density at radius 2 is 2.22 bits per heavy atom. The maximum Gasteiger partial charge on any atom is 0.254 e. The number of rotatable bonds is 2. The van der Waals surface area contributed by atoms with Crippen LogP contribution in [0.5, 0.6) is 0 Å². The highest BCUT2D eigenvalue weighted by Gasteiger charge is 2.22. The SMILES string of the molecule is O=C(Nc1ccc2c(c1)COC2)C1CNCCO1. The van der Waals surface area contributed by atoms with E-state index in [-0.39, 0.29) is 5.91 Å². The Balaban J connectivity index is 1.66. The zero-order valence-electron chi connectivity index (χ0n) is 10.1. The van der Waals surface area contributed by atoms with Crippen LogP contribution in [0.25, 0.3) is 0 Å². The Kier molecular flexibility index (Phi) is 3.27. The Morgan fingerprint density at radius 3 is 3.06 bits per heavy atom. The quantitative estimate of drug-likeness (QED) is 0.806. The van der Waals surface area contributed by atoms with Crippen LogP contribution < -0.4 is 10.6 Å². The molecular weight excluding hydrogens is 232 g/mol. The van der Waals surface area contributed by atoms with Crippen molar-refractivity contribution in [1.29, 1.82) is 0 Å². The normalized spacial score (nSPS) is 22.6. The molecule has 0 bridgehead atoms. The highest BCUT2D eigenvalue weighted by molar-refractivity contribution is 5.94. The van der Waals surface area contributed by atoms with Crippen molar-refractivity contribution in [2.75, 3.05) is 25.0 Å². The summed E-state index contributed by atoms with van der Waals surface area (Å²) in [6, 6.07) is 5.87. The van der Waals surface area contributed by atoms with Gasteiger partial charge in [-0.15, -0.1) is 0 Å². The first-order valence-electron chi connectivity index (χ1n) is 6.16. The van der Waals surface area contributed by atoms with Crippen molar-refractivity contribution in [2.45, 2.75) is 19.3 Å². The standard InChI is InChI=1S/C13H16N2O3/c16-13(12-6-14-3-4-18-12)15-11-2-1-9-7-17-8-10(9)5-11/h1-2,5,12,14H,3-4,6-8H2,(H,15,16). The van der Waals surface area contributed by atoms with E-state index in [0.717, 1.165) is 17.8 Å². The molecule has 0 spiro atoms. The molecule has 0 aromatic heterocycles. The van der Waals surface area contributed by atoms with Gasteiger partial charge in [-0.1, -0.05) is 6.07 Å². The summed E-state index contributed by atoms with van der Waals surface area (Å²) in [5.74, 6) is -0.0962. The van der Waals surface area contributed by atoms with E-state index < -0.39 is 6.10 Å². The molecule has 5 heteroatoms. The maximum absolute atomic E-state index is 12.0. The maximum atomic E-state index is 12.0. The fraction of sp³-hybridized carbons (Fsp3) is 0.462. The molecule has 2 aliphatic rings. The minimum Gasteiger partial charge on any atom is -0.372 e. The zero-order chi connectivity index (χ0) is 12.4. The van der Waals surface area contributed by atoms with Crippen LogP contribution in [0.3, 0.4) is 0 Å². The van der Waals surface area contributed by atoms with Gasteiger partial charge >= 0.3 is 0 Å². The van der Waals surface area contributed by atoms with Crippen molar-refractivity contribution in [3.05, 3.63) is 29.3 Å². The molecule has 1 atom stereocenters. The number of carbonyl (C=O) groups excluding carboxylic acids is 1. The minimum atomic E-state index is -0.400. The van der Waals surface area contributed by atoms with Gasteiger partial charge in [0.1, 0.15) is 6.10 Å². The summed E-state index contributed by atoms with van der Waals surface area (Å²) in [6.45, 7) is 3.25. The summed E-state index contributed by atoms with van der Waals surface area (Å²) >= 11 is 0. The van der Waals surface area contributed by atoms with Crippen LogP contribution >= 0.6 is 0 Å². The number of morpholine rings is 1. The van der Waals surface area contributed by atoms with E-state index >= 15 is 0 Å². The van der Waals surface area contributed by atoms with Crippen LogP contribution in [-0.4, -0.2) is 31.7 Å². The molecule has 96 valence electrons. The second kappa shape index (κ2) is 5.06. The number of hydrogen-bond acceptors (Lipinski definition) is 4. The highest BCUT2D eigenvalue weighted by Crippen LogP contribution is 2.23. The van der Waals surface area contributed by atoms with Crippen LogP contribution in [0.15, 0.2) is 18.2 Å². The van der Waals surface area contributed by atoms with Crippen LogP contribution in [0.1, 0.15) is 11.1 Å². The first kappa shape index (κ1) is 11.6. The van der Waals surface area contributed by atoms with Crippen molar-refractivity contribution in [3.63, 3.8) is 0 Å². The molecule has 1 amide bonds. The summed E-state index contributed by atoms with van der Waals surface area (Å²) in [4.78, 5) is 12.0. The van der Waals surface area contributed by atoms with Gasteiger partial charge in [-0.3, -0.25) is 4.79 Å². The number of ether oxygens (including phenoxy) is 2. The Morgan fingerprint density at radius 1 is 1.33 bits per heavy atom. The molecule has 5 nitrogen and oxygen atoms in total. The predicted molar refractivity (Wildman–Crippen MR) is 66.2 cm³/mol. The van der Waals surface area contributed by atoms with Crippen molar-refractivity contribution >= 4 is 11.6 Å². The molecule has 18 heavy (non-hydrogen) atoms. The number of hydrogen-bond donors (Lipinski definition) is 2. The van der Waals surface area contributed by atoms with Crippen molar-refractivity contribution in [2.24, 2.45) is 0 Å². The first-order chi connectivity index (χ1) is 8.83. The van der Waals surface area contributed by atoms with E-state index in [1.165, 1.54) is 5.56 Å². The summed E-state index contributed by atoms with van der Waals surface area (Å²) in [5, 5.41) is 6.02. The van der Waals surface area contributed by atoms with Gasteiger partial charge in [0.25, 0.3) is 5.91 Å². The molecule has 0 radical (unpaired) electrons. The lowest BCUT2D eigenvalue weighted by atomic mass is 10.1. The molecular formula is C13H16N2O3. The number of anilines is 1. The smallest absolute Gasteiger partial charge is 0.254 e. The van der Waals surface area contributed by atoms with Gasteiger partial charge in [0, 0.05) is 18.8 Å². The van der Waals surface area contributed by atoms with E-state index in [1.54, 1.807) is 0 Å². The molecule has 1 aromatic carbocycles. The van der Waals surface area contributed by atoms with Crippen molar-refractivity contribution in [1.82, 2.24) is 5.32 Å². The average Bonchev–Trinajstić information content (AvgIpc) is 2.87. The summed E-state index contributed by atoms with van der Waals surface area (Å²) < 4.78 is 10.7. The van der Waals surface area contributed by atoms with E-state index in [4.69, 9.17) is 9.47 Å². The van der Waals surface area contributed by atoms with Gasteiger partial charge in [-0.25, -0.2) is 0 Å². The average molecular weight is 248 g/mol. The Bertz CT molecular complexity index is 456. The first-order valence-corrected chi connectivity index (χ1v) is 6.16. The van der Waals surface area contributed by atoms with E-state index in [0.29, 0.717) is 26.4 Å². The van der Waals surface area contributed by atoms with Gasteiger partial charge in [0.05, 0.1) is 19.8 Å². The van der Waals surface area contributed by atoms with Crippen molar-refractivity contribution < 1.29 is 14.3 Å². The predicted octanol–water partition coefficient (Wildman–Crippen LogP) is 0.644. The van der Waals surface area contributed by atoms with Gasteiger partial charge in [0.15, 0.2) is 0 Å². The van der Waals surface area contributed by atoms with Gasteiger partial charge in [-0.05, 0) is 23.3 Å². The second-order valence-corrected chi connectivity index (χ2v) is 4.53. The largest absolute Gasteiger partial charge is 0.372 e. The molecule has 1 fully saturated rings. The van der Waals surface area contributed by atoms with Gasteiger partial charge in [-0.2, -0.15) is 0 Å². The highest BCUT2D eigenvalue weighted by atomic mass is 16.5. The van der Waals surface area contributed by atoms with Crippen LogP contribution in [0, 0.1) is 0 Å². The molecule has 2 N–H and O–H groups in total. The fourth-order valence-corrected chi connectivity index (χ4v) is 2.21. The van der Waals surface area contributed by atoms with E-state index in [9.17, 15) is 4.79 Å². The third-order valence-electron chi connectivity index (χ3n) is 3.21. The third kappa shape index (κ3) is 2.38. The summed E-state index contributed by atoms with van der Waals surface area (Å²) in [6.07, 6.45) is -0.400. The lowest BCUT2D eigenvalue weighted by molar-refractivity contribution is -0.128. The van der Waals surface area contributed by atoms with Crippen molar-refractivity contribution in [3.8, 4) is 0 Å². The van der Waals surface area contributed by atoms with Crippen LogP contribution in [-0.2, 0) is 27.5 Å². The van der Waals surface area contributed by atoms with E-state index in [1.807, 2.05) is 18.2 Å². The molecule has 1 unspecified atom stereocenters.